The van der Waals surface area contributed by atoms with Crippen LogP contribution in [0.1, 0.15) is 122 Å². The number of aliphatic hydroxyl groups is 1. The van der Waals surface area contributed by atoms with E-state index in [0.29, 0.717) is 10.9 Å². The first-order valence-electron chi connectivity index (χ1n) is 13.9. The number of unbranched alkanes of at least 4 members (excludes halogenated alkanes) is 14. The molecule has 0 aromatic rings. The monoisotopic (exact) mass is 502 g/mol. The number of rotatable bonds is 23. The van der Waals surface area contributed by atoms with E-state index in [1.165, 1.54) is 89.9 Å². The summed E-state index contributed by atoms with van der Waals surface area (Å²) in [5, 5.41) is 8.59. The van der Waals surface area contributed by atoms with Gasteiger partial charge in [0.25, 0.3) is 0 Å². The fourth-order valence-corrected chi connectivity index (χ4v) is 5.38. The Morgan fingerprint density at radius 1 is 0.647 bits per heavy atom. The Morgan fingerprint density at radius 3 is 1.35 bits per heavy atom. The first kappa shape index (κ1) is 33.5. The summed E-state index contributed by atoms with van der Waals surface area (Å²) in [5.74, 6) is 0. The highest BCUT2D eigenvalue weighted by Gasteiger charge is 2.48. The van der Waals surface area contributed by atoms with Crippen LogP contribution in [0.2, 0.25) is 0 Å². The normalized spacial score (nSPS) is 14.9. The second-order valence-corrected chi connectivity index (χ2v) is 13.0. The minimum absolute atomic E-state index is 0.0382. The minimum atomic E-state index is -4.57. The van der Waals surface area contributed by atoms with Crippen molar-refractivity contribution in [3.63, 3.8) is 0 Å². The van der Waals surface area contributed by atoms with Crippen molar-refractivity contribution in [2.75, 3.05) is 27.7 Å². The molecule has 3 N–H and O–H groups in total. The van der Waals surface area contributed by atoms with Crippen molar-refractivity contribution in [1.29, 1.82) is 0 Å². The van der Waals surface area contributed by atoms with Crippen molar-refractivity contribution >= 4 is 7.60 Å². The van der Waals surface area contributed by atoms with Gasteiger partial charge in [0.2, 0.25) is 5.34 Å². The van der Waals surface area contributed by atoms with Crippen LogP contribution in [0.5, 0.6) is 0 Å². The van der Waals surface area contributed by atoms with Gasteiger partial charge in [-0.05, 0) is 57.8 Å². The number of likely N-dealkylation sites (N-methyl/N-ethyl adjacent to an activating group) is 1. The van der Waals surface area contributed by atoms with Crippen molar-refractivity contribution in [2.24, 2.45) is 0 Å². The Labute approximate surface area is 211 Å². The van der Waals surface area contributed by atoms with Crippen LogP contribution in [-0.4, -0.2) is 52.4 Å². The van der Waals surface area contributed by atoms with Gasteiger partial charge in [-0.2, -0.15) is 0 Å². The topological polar surface area (TPSA) is 77.8 Å². The first-order valence-corrected chi connectivity index (χ1v) is 15.5. The van der Waals surface area contributed by atoms with Crippen LogP contribution in [0.3, 0.4) is 0 Å². The lowest BCUT2D eigenvalue weighted by Gasteiger charge is -2.35. The Balaban J connectivity index is 3.63. The smallest absolute Gasteiger partial charge is 0.362 e. The SMILES string of the molecule is CCCCCCCC/C=C\CCCCCCCC/C=C\CCCC(O)(C[N+](C)(C)C)P(=O)(O)O. The van der Waals surface area contributed by atoms with Gasteiger partial charge in [0.1, 0.15) is 6.54 Å². The van der Waals surface area contributed by atoms with E-state index in [1.54, 1.807) is 0 Å². The standard InChI is InChI=1S/C28H56NO4P/c1-5-6-7-8-9-10-11-12-13-14-15-16-17-18-19-20-21-22-23-24-25-26-28(30,34(31,32)33)27-29(2,3)4/h12-13,22-23,30H,5-11,14-21,24-27H2,1-4H3,(H-,31,32,33)/p+1/b13-12-,23-22-. The number of allylic oxidation sites excluding steroid dienone is 4. The molecule has 0 aromatic heterocycles. The Hall–Kier alpha value is -0.450. The van der Waals surface area contributed by atoms with E-state index in [1.807, 2.05) is 21.1 Å². The molecule has 0 radical (unpaired) electrons. The lowest BCUT2D eigenvalue weighted by atomic mass is 10.1. The Bertz CT molecular complexity index is 579. The van der Waals surface area contributed by atoms with Gasteiger partial charge in [0.15, 0.2) is 0 Å². The van der Waals surface area contributed by atoms with Gasteiger partial charge < -0.3 is 19.4 Å². The molecule has 0 rings (SSSR count). The van der Waals surface area contributed by atoms with Crippen LogP contribution >= 0.6 is 7.60 Å². The molecule has 0 aliphatic heterocycles. The second kappa shape index (κ2) is 19.7. The van der Waals surface area contributed by atoms with Gasteiger partial charge in [0.05, 0.1) is 21.1 Å². The molecule has 0 bridgehead atoms. The molecular weight excluding hydrogens is 445 g/mol. The number of nitrogens with zero attached hydrogens (tertiary/aromatic N) is 1. The van der Waals surface area contributed by atoms with Gasteiger partial charge in [0, 0.05) is 0 Å². The van der Waals surface area contributed by atoms with Crippen molar-refractivity contribution in [2.45, 2.75) is 128 Å². The summed E-state index contributed by atoms with van der Waals surface area (Å²) in [5.41, 5.74) is 0. The van der Waals surface area contributed by atoms with Crippen LogP contribution in [0.25, 0.3) is 0 Å². The molecule has 0 amide bonds. The van der Waals surface area contributed by atoms with E-state index in [-0.39, 0.29) is 13.0 Å². The molecule has 0 saturated carbocycles. The molecule has 0 aromatic carbocycles. The van der Waals surface area contributed by atoms with E-state index in [0.717, 1.165) is 12.8 Å². The predicted octanol–water partition coefficient (Wildman–Crippen LogP) is 7.71. The van der Waals surface area contributed by atoms with Gasteiger partial charge in [-0.1, -0.05) is 89.0 Å². The van der Waals surface area contributed by atoms with Crippen molar-refractivity contribution in [3.8, 4) is 0 Å². The molecule has 1 unspecified atom stereocenters. The van der Waals surface area contributed by atoms with E-state index in [4.69, 9.17) is 0 Å². The maximum Gasteiger partial charge on any atom is 0.362 e. The van der Waals surface area contributed by atoms with E-state index < -0.39 is 12.9 Å². The average molecular weight is 503 g/mol. The molecule has 0 saturated heterocycles. The van der Waals surface area contributed by atoms with Gasteiger partial charge in [-0.25, -0.2) is 0 Å². The number of hydrogen-bond donors (Lipinski definition) is 3. The lowest BCUT2D eigenvalue weighted by Crippen LogP contribution is -2.49. The average Bonchev–Trinajstić information content (AvgIpc) is 2.73. The fraction of sp³-hybridized carbons (Fsp3) is 0.857. The molecule has 0 spiro atoms. The number of quaternary nitrogens is 1. The molecule has 6 heteroatoms. The molecule has 34 heavy (non-hydrogen) atoms. The van der Waals surface area contributed by atoms with Crippen molar-refractivity contribution < 1.29 is 23.9 Å². The molecule has 0 aliphatic carbocycles. The summed E-state index contributed by atoms with van der Waals surface area (Å²) in [7, 11) is 0.919. The highest BCUT2D eigenvalue weighted by Crippen LogP contribution is 2.52. The summed E-state index contributed by atoms with van der Waals surface area (Å²) in [6, 6.07) is 0. The third-order valence-corrected chi connectivity index (χ3v) is 7.72. The molecular formula is C28H57NO4P+. The maximum absolute atomic E-state index is 11.8. The van der Waals surface area contributed by atoms with E-state index in [2.05, 4.69) is 31.2 Å². The third-order valence-electron chi connectivity index (χ3n) is 6.27. The predicted molar refractivity (Wildman–Crippen MR) is 147 cm³/mol. The molecule has 202 valence electrons. The van der Waals surface area contributed by atoms with Crippen LogP contribution < -0.4 is 0 Å². The molecule has 5 nitrogen and oxygen atoms in total. The summed E-state index contributed by atoms with van der Waals surface area (Å²) in [6.07, 6.45) is 30.0. The molecule has 1 atom stereocenters. The summed E-state index contributed by atoms with van der Waals surface area (Å²) < 4.78 is 12.1. The summed E-state index contributed by atoms with van der Waals surface area (Å²) in [6.45, 7) is 2.30. The van der Waals surface area contributed by atoms with E-state index >= 15 is 0 Å². The van der Waals surface area contributed by atoms with Gasteiger partial charge >= 0.3 is 7.60 Å². The van der Waals surface area contributed by atoms with Gasteiger partial charge in [-0.3, -0.25) is 4.57 Å². The summed E-state index contributed by atoms with van der Waals surface area (Å²) in [4.78, 5) is 19.2. The molecule has 0 heterocycles. The minimum Gasteiger partial charge on any atom is -0.373 e. The van der Waals surface area contributed by atoms with Gasteiger partial charge in [-0.15, -0.1) is 0 Å². The zero-order valence-electron chi connectivity index (χ0n) is 22.9. The summed E-state index contributed by atoms with van der Waals surface area (Å²) >= 11 is 0. The van der Waals surface area contributed by atoms with E-state index in [9.17, 15) is 19.5 Å². The maximum atomic E-state index is 11.8. The molecule has 0 aliphatic rings. The first-order chi connectivity index (χ1) is 16.0. The molecule has 0 fully saturated rings. The van der Waals surface area contributed by atoms with Crippen LogP contribution in [0, 0.1) is 0 Å². The largest absolute Gasteiger partial charge is 0.373 e. The van der Waals surface area contributed by atoms with Crippen LogP contribution in [0.4, 0.5) is 0 Å². The zero-order chi connectivity index (χ0) is 25.8. The third kappa shape index (κ3) is 19.8. The quantitative estimate of drug-likeness (QED) is 0.0578. The Morgan fingerprint density at radius 2 is 1.00 bits per heavy atom. The zero-order valence-corrected chi connectivity index (χ0v) is 23.8. The Kier molecular flexibility index (Phi) is 19.4. The van der Waals surface area contributed by atoms with Crippen LogP contribution in [0.15, 0.2) is 24.3 Å². The van der Waals surface area contributed by atoms with Crippen molar-refractivity contribution in [3.05, 3.63) is 24.3 Å². The highest BCUT2D eigenvalue weighted by atomic mass is 31.2. The lowest BCUT2D eigenvalue weighted by molar-refractivity contribution is -0.875. The van der Waals surface area contributed by atoms with Crippen LogP contribution in [-0.2, 0) is 4.57 Å². The second-order valence-electron chi connectivity index (χ2n) is 11.1. The number of hydrogen-bond acceptors (Lipinski definition) is 2. The van der Waals surface area contributed by atoms with Crippen molar-refractivity contribution in [1.82, 2.24) is 0 Å². The fourth-order valence-electron chi connectivity index (χ4n) is 4.32. The highest BCUT2D eigenvalue weighted by molar-refractivity contribution is 7.53.